The van der Waals surface area contributed by atoms with Crippen LogP contribution in [0.2, 0.25) is 0 Å². The summed E-state index contributed by atoms with van der Waals surface area (Å²) < 4.78 is 0. The molecule has 0 fully saturated rings. The lowest BCUT2D eigenvalue weighted by atomic mass is 10.3. The van der Waals surface area contributed by atoms with Gasteiger partial charge in [0.2, 0.25) is 0 Å². The van der Waals surface area contributed by atoms with E-state index >= 15 is 0 Å². The SMILES string of the molecule is C1=NN(Oc2ccccc2)CC1. The Morgan fingerprint density at radius 3 is 2.75 bits per heavy atom. The largest absolute Gasteiger partial charge is 0.363 e. The molecule has 0 amide bonds. The van der Waals surface area contributed by atoms with Crippen LogP contribution in [0.15, 0.2) is 35.4 Å². The van der Waals surface area contributed by atoms with Gasteiger partial charge in [-0.1, -0.05) is 18.2 Å². The van der Waals surface area contributed by atoms with Gasteiger partial charge in [-0.05, 0) is 12.1 Å². The molecule has 3 nitrogen and oxygen atoms in total. The van der Waals surface area contributed by atoms with E-state index in [1.165, 1.54) is 0 Å². The molecule has 2 rings (SSSR count). The van der Waals surface area contributed by atoms with Gasteiger partial charge in [0.05, 0.1) is 6.54 Å². The highest BCUT2D eigenvalue weighted by atomic mass is 16.7. The minimum Gasteiger partial charge on any atom is -0.363 e. The van der Waals surface area contributed by atoms with Gasteiger partial charge < -0.3 is 4.84 Å². The highest BCUT2D eigenvalue weighted by Crippen LogP contribution is 2.12. The summed E-state index contributed by atoms with van der Waals surface area (Å²) in [4.78, 5) is 5.41. The van der Waals surface area contributed by atoms with Crippen molar-refractivity contribution in [1.29, 1.82) is 0 Å². The third-order valence-electron chi connectivity index (χ3n) is 1.61. The molecule has 0 saturated heterocycles. The third kappa shape index (κ3) is 1.56. The zero-order valence-electron chi connectivity index (χ0n) is 6.68. The Morgan fingerprint density at radius 2 is 2.08 bits per heavy atom. The van der Waals surface area contributed by atoms with Crippen LogP contribution in [0.4, 0.5) is 0 Å². The fourth-order valence-electron chi connectivity index (χ4n) is 1.05. The van der Waals surface area contributed by atoms with Crippen molar-refractivity contribution in [2.75, 3.05) is 6.54 Å². The van der Waals surface area contributed by atoms with E-state index < -0.39 is 0 Å². The van der Waals surface area contributed by atoms with E-state index in [4.69, 9.17) is 4.84 Å². The quantitative estimate of drug-likeness (QED) is 0.660. The zero-order chi connectivity index (χ0) is 8.23. The van der Waals surface area contributed by atoms with Crippen LogP contribution in [-0.4, -0.2) is 17.9 Å². The highest BCUT2D eigenvalue weighted by Gasteiger charge is 2.06. The lowest BCUT2D eigenvalue weighted by Crippen LogP contribution is -2.18. The van der Waals surface area contributed by atoms with Crippen molar-refractivity contribution < 1.29 is 4.84 Å². The van der Waals surface area contributed by atoms with Gasteiger partial charge in [0.15, 0.2) is 5.75 Å². The Morgan fingerprint density at radius 1 is 1.25 bits per heavy atom. The number of rotatable bonds is 2. The van der Waals surface area contributed by atoms with Crippen molar-refractivity contribution in [1.82, 2.24) is 5.17 Å². The van der Waals surface area contributed by atoms with Crippen molar-refractivity contribution >= 4 is 6.21 Å². The molecule has 0 aromatic heterocycles. The maximum Gasteiger partial charge on any atom is 0.157 e. The molecule has 0 atom stereocenters. The Balaban J connectivity index is 1.99. The average molecular weight is 162 g/mol. The Bertz CT molecular complexity index is 271. The van der Waals surface area contributed by atoms with Crippen LogP contribution in [0.3, 0.4) is 0 Å². The van der Waals surface area contributed by atoms with Crippen LogP contribution in [0.25, 0.3) is 0 Å². The molecular weight excluding hydrogens is 152 g/mol. The van der Waals surface area contributed by atoms with Crippen LogP contribution in [0.1, 0.15) is 6.42 Å². The standard InChI is InChI=1S/C9H10N2O/c1-2-5-9(6-3-1)12-11-8-4-7-10-11/h1-3,5-7H,4,8H2. The van der Waals surface area contributed by atoms with E-state index in [2.05, 4.69) is 5.10 Å². The van der Waals surface area contributed by atoms with Crippen molar-refractivity contribution in [3.63, 3.8) is 0 Å². The van der Waals surface area contributed by atoms with Crippen LogP contribution in [0, 0.1) is 0 Å². The Kier molecular flexibility index (Phi) is 1.94. The van der Waals surface area contributed by atoms with Gasteiger partial charge in [-0.15, -0.1) is 5.17 Å². The molecule has 62 valence electrons. The third-order valence-corrected chi connectivity index (χ3v) is 1.61. The summed E-state index contributed by atoms with van der Waals surface area (Å²) in [6.45, 7) is 0.842. The average Bonchev–Trinajstić information content (AvgIpc) is 2.59. The smallest absolute Gasteiger partial charge is 0.157 e. The summed E-state index contributed by atoms with van der Waals surface area (Å²) in [6, 6.07) is 9.66. The maximum absolute atomic E-state index is 5.41. The molecule has 0 aliphatic carbocycles. The molecule has 0 spiro atoms. The second-order valence-electron chi connectivity index (χ2n) is 2.57. The number of hydrogen-bond acceptors (Lipinski definition) is 3. The normalized spacial score (nSPS) is 15.2. The highest BCUT2D eigenvalue weighted by molar-refractivity contribution is 5.58. The van der Waals surface area contributed by atoms with Gasteiger partial charge in [-0.2, -0.15) is 5.10 Å². The Labute approximate surface area is 71.2 Å². The molecule has 1 aromatic carbocycles. The maximum atomic E-state index is 5.41. The number of benzene rings is 1. The molecule has 0 radical (unpaired) electrons. The molecule has 0 N–H and O–H groups in total. The lowest BCUT2D eigenvalue weighted by Gasteiger charge is -2.13. The van der Waals surface area contributed by atoms with E-state index in [1.807, 2.05) is 36.5 Å². The Hall–Kier alpha value is -1.51. The molecular formula is C9H10N2O. The van der Waals surface area contributed by atoms with Crippen LogP contribution in [0.5, 0.6) is 5.75 Å². The molecule has 3 heteroatoms. The van der Waals surface area contributed by atoms with Crippen molar-refractivity contribution in [3.05, 3.63) is 30.3 Å². The molecule has 12 heavy (non-hydrogen) atoms. The summed E-state index contributed by atoms with van der Waals surface area (Å²) in [5, 5.41) is 5.61. The first-order chi connectivity index (χ1) is 5.95. The molecule has 0 saturated carbocycles. The van der Waals surface area contributed by atoms with Gasteiger partial charge in [0.25, 0.3) is 0 Å². The number of hydroxylamine groups is 1. The minimum atomic E-state index is 0.830. The molecule has 0 bridgehead atoms. The first-order valence-electron chi connectivity index (χ1n) is 3.98. The van der Waals surface area contributed by atoms with E-state index in [9.17, 15) is 0 Å². The van der Waals surface area contributed by atoms with Gasteiger partial charge in [0, 0.05) is 12.6 Å². The van der Waals surface area contributed by atoms with Crippen LogP contribution in [-0.2, 0) is 0 Å². The number of hydrazone groups is 1. The topological polar surface area (TPSA) is 24.8 Å². The first kappa shape index (κ1) is 7.16. The zero-order valence-corrected chi connectivity index (χ0v) is 6.68. The molecule has 1 aromatic rings. The summed E-state index contributed by atoms with van der Waals surface area (Å²) in [6.07, 6.45) is 2.82. The van der Waals surface area contributed by atoms with E-state index in [0.29, 0.717) is 0 Å². The lowest BCUT2D eigenvalue weighted by molar-refractivity contribution is -0.0456. The van der Waals surface area contributed by atoms with E-state index in [1.54, 1.807) is 5.17 Å². The van der Waals surface area contributed by atoms with Gasteiger partial charge in [-0.25, -0.2) is 0 Å². The van der Waals surface area contributed by atoms with E-state index in [0.717, 1.165) is 18.7 Å². The fourth-order valence-corrected chi connectivity index (χ4v) is 1.05. The summed E-state index contributed by atoms with van der Waals surface area (Å²) >= 11 is 0. The predicted octanol–water partition coefficient (Wildman–Crippen LogP) is 1.67. The van der Waals surface area contributed by atoms with Crippen LogP contribution >= 0.6 is 0 Å². The number of hydrogen-bond donors (Lipinski definition) is 0. The number of nitrogens with zero attached hydrogens (tertiary/aromatic N) is 2. The molecule has 1 aliphatic heterocycles. The van der Waals surface area contributed by atoms with Gasteiger partial charge in [0.1, 0.15) is 0 Å². The second kappa shape index (κ2) is 3.26. The monoisotopic (exact) mass is 162 g/mol. The van der Waals surface area contributed by atoms with Crippen molar-refractivity contribution in [2.45, 2.75) is 6.42 Å². The summed E-state index contributed by atoms with van der Waals surface area (Å²) in [5.41, 5.74) is 0. The molecule has 0 unspecified atom stereocenters. The minimum absolute atomic E-state index is 0.830. The fraction of sp³-hybridized carbons (Fsp3) is 0.222. The van der Waals surface area contributed by atoms with Gasteiger partial charge >= 0.3 is 0 Å². The molecule has 1 heterocycles. The predicted molar refractivity (Wildman–Crippen MR) is 46.9 cm³/mol. The first-order valence-corrected chi connectivity index (χ1v) is 3.98. The van der Waals surface area contributed by atoms with Crippen molar-refractivity contribution in [3.8, 4) is 5.75 Å². The van der Waals surface area contributed by atoms with Gasteiger partial charge in [-0.3, -0.25) is 0 Å². The summed E-state index contributed by atoms with van der Waals surface area (Å²) in [7, 11) is 0. The molecule has 1 aliphatic rings. The second-order valence-corrected chi connectivity index (χ2v) is 2.57. The van der Waals surface area contributed by atoms with E-state index in [-0.39, 0.29) is 0 Å². The van der Waals surface area contributed by atoms with Crippen molar-refractivity contribution in [2.24, 2.45) is 5.10 Å². The number of para-hydroxylation sites is 1. The van der Waals surface area contributed by atoms with Crippen LogP contribution < -0.4 is 4.84 Å². The summed E-state index contributed by atoms with van der Waals surface area (Å²) in [5.74, 6) is 0.830.